The molecule has 0 bridgehead atoms. The van der Waals surface area contributed by atoms with Gasteiger partial charge in [-0.2, -0.15) is 5.26 Å². The highest BCUT2D eigenvalue weighted by Gasteiger charge is 2.16. The Hall–Kier alpha value is -1.73. The molecule has 1 unspecified atom stereocenters. The first-order chi connectivity index (χ1) is 11.0. The summed E-state index contributed by atoms with van der Waals surface area (Å²) in [6, 6.07) is 15.0. The van der Waals surface area contributed by atoms with E-state index >= 15 is 0 Å². The number of halogens is 2. The number of hydrogen-bond acceptors (Lipinski definition) is 3. The van der Waals surface area contributed by atoms with Gasteiger partial charge in [0.2, 0.25) is 0 Å². The van der Waals surface area contributed by atoms with Crippen molar-refractivity contribution >= 4 is 28.9 Å². The normalized spacial score (nSPS) is 11.8. The molecule has 0 heterocycles. The SMILES string of the molecule is [CH2]C(COC)N(Cc1ccc(Cl)c(Cl)c1)c1ccc(C#N)cc1. The molecule has 119 valence electrons. The van der Waals surface area contributed by atoms with E-state index in [0.29, 0.717) is 28.8 Å². The third-order valence-corrected chi connectivity index (χ3v) is 4.20. The number of anilines is 1. The number of rotatable bonds is 6. The van der Waals surface area contributed by atoms with Gasteiger partial charge in [-0.3, -0.25) is 0 Å². The zero-order chi connectivity index (χ0) is 16.8. The van der Waals surface area contributed by atoms with E-state index in [4.69, 9.17) is 33.2 Å². The van der Waals surface area contributed by atoms with Crippen molar-refractivity contribution in [1.29, 1.82) is 5.26 Å². The van der Waals surface area contributed by atoms with Crippen LogP contribution < -0.4 is 4.90 Å². The van der Waals surface area contributed by atoms with E-state index in [1.54, 1.807) is 25.3 Å². The van der Waals surface area contributed by atoms with Gasteiger partial charge in [-0.15, -0.1) is 0 Å². The Morgan fingerprint density at radius 3 is 2.43 bits per heavy atom. The maximum absolute atomic E-state index is 8.93. The summed E-state index contributed by atoms with van der Waals surface area (Å²) in [6.45, 7) is 5.26. The third kappa shape index (κ3) is 4.62. The van der Waals surface area contributed by atoms with Crippen LogP contribution in [0.5, 0.6) is 0 Å². The van der Waals surface area contributed by atoms with Crippen LogP contribution in [-0.2, 0) is 11.3 Å². The maximum Gasteiger partial charge on any atom is 0.0991 e. The highest BCUT2D eigenvalue weighted by atomic mass is 35.5. The summed E-state index contributed by atoms with van der Waals surface area (Å²) < 4.78 is 5.23. The van der Waals surface area contributed by atoms with Crippen LogP contribution in [0.3, 0.4) is 0 Å². The molecule has 0 fully saturated rings. The highest BCUT2D eigenvalue weighted by Crippen LogP contribution is 2.26. The molecule has 0 aliphatic carbocycles. The van der Waals surface area contributed by atoms with Crippen molar-refractivity contribution < 1.29 is 4.74 Å². The molecule has 0 N–H and O–H groups in total. The molecular formula is C18H17Cl2N2O. The summed E-state index contributed by atoms with van der Waals surface area (Å²) in [4.78, 5) is 2.10. The van der Waals surface area contributed by atoms with E-state index in [1.165, 1.54) is 0 Å². The molecule has 23 heavy (non-hydrogen) atoms. The van der Waals surface area contributed by atoms with Gasteiger partial charge in [-0.25, -0.2) is 0 Å². The van der Waals surface area contributed by atoms with Crippen molar-refractivity contribution in [2.24, 2.45) is 0 Å². The largest absolute Gasteiger partial charge is 0.383 e. The molecule has 2 aromatic rings. The number of hydrogen-bond donors (Lipinski definition) is 0. The number of ether oxygens (including phenoxy) is 1. The van der Waals surface area contributed by atoms with E-state index in [-0.39, 0.29) is 6.04 Å². The number of nitrogens with zero attached hydrogens (tertiary/aromatic N) is 2. The van der Waals surface area contributed by atoms with Gasteiger partial charge in [-0.1, -0.05) is 29.3 Å². The van der Waals surface area contributed by atoms with E-state index in [2.05, 4.69) is 17.9 Å². The zero-order valence-corrected chi connectivity index (χ0v) is 14.3. The van der Waals surface area contributed by atoms with Crippen LogP contribution in [0.4, 0.5) is 5.69 Å². The van der Waals surface area contributed by atoms with Crippen LogP contribution in [0.2, 0.25) is 10.0 Å². The Morgan fingerprint density at radius 1 is 1.17 bits per heavy atom. The van der Waals surface area contributed by atoms with E-state index in [1.807, 2.05) is 24.3 Å². The second kappa shape index (κ2) is 8.21. The van der Waals surface area contributed by atoms with Gasteiger partial charge in [-0.05, 0) is 48.9 Å². The Kier molecular flexibility index (Phi) is 6.29. The van der Waals surface area contributed by atoms with Crippen LogP contribution in [0.25, 0.3) is 0 Å². The quantitative estimate of drug-likeness (QED) is 0.758. The van der Waals surface area contributed by atoms with Gasteiger partial charge in [0.05, 0.1) is 34.3 Å². The standard InChI is InChI=1S/C18H17Cl2N2O/c1-13(12-23-2)22(16-6-3-14(10-21)4-7-16)11-15-5-8-17(19)18(20)9-15/h3-9,13H,1,11-12H2,2H3. The van der Waals surface area contributed by atoms with E-state index < -0.39 is 0 Å². The molecule has 0 aliphatic heterocycles. The summed E-state index contributed by atoms with van der Waals surface area (Å²) in [6.07, 6.45) is 0. The maximum atomic E-state index is 8.93. The predicted molar refractivity (Wildman–Crippen MR) is 94.8 cm³/mol. The van der Waals surface area contributed by atoms with Gasteiger partial charge in [0.1, 0.15) is 0 Å². The Labute approximate surface area is 147 Å². The van der Waals surface area contributed by atoms with Gasteiger partial charge in [0, 0.05) is 19.3 Å². The van der Waals surface area contributed by atoms with Crippen molar-refractivity contribution in [3.63, 3.8) is 0 Å². The van der Waals surface area contributed by atoms with Crippen LogP contribution in [0.15, 0.2) is 42.5 Å². The first kappa shape index (κ1) is 17.6. The summed E-state index contributed by atoms with van der Waals surface area (Å²) in [5.41, 5.74) is 2.61. The van der Waals surface area contributed by atoms with Crippen molar-refractivity contribution in [3.05, 3.63) is 70.6 Å². The molecule has 0 saturated carbocycles. The second-order valence-corrected chi connectivity index (χ2v) is 5.96. The molecule has 3 nitrogen and oxygen atoms in total. The molecule has 0 saturated heterocycles. The van der Waals surface area contributed by atoms with Crippen molar-refractivity contribution in [2.75, 3.05) is 18.6 Å². The minimum absolute atomic E-state index is 0.0811. The lowest BCUT2D eigenvalue weighted by atomic mass is 10.1. The molecule has 2 rings (SSSR count). The molecule has 0 aliphatic rings. The van der Waals surface area contributed by atoms with Gasteiger partial charge in [0.25, 0.3) is 0 Å². The molecule has 0 amide bonds. The fraction of sp³-hybridized carbons (Fsp3) is 0.222. The fourth-order valence-corrected chi connectivity index (χ4v) is 2.60. The van der Waals surface area contributed by atoms with Gasteiger partial charge < -0.3 is 9.64 Å². The molecular weight excluding hydrogens is 331 g/mol. The van der Waals surface area contributed by atoms with E-state index in [9.17, 15) is 0 Å². The molecule has 0 aromatic heterocycles. The average molecular weight is 348 g/mol. The minimum atomic E-state index is -0.0811. The summed E-state index contributed by atoms with van der Waals surface area (Å²) in [7, 11) is 1.65. The monoisotopic (exact) mass is 347 g/mol. The van der Waals surface area contributed by atoms with Gasteiger partial charge >= 0.3 is 0 Å². The zero-order valence-electron chi connectivity index (χ0n) is 12.8. The summed E-state index contributed by atoms with van der Waals surface area (Å²) in [5, 5.41) is 9.98. The molecule has 0 spiro atoms. The Morgan fingerprint density at radius 2 is 1.87 bits per heavy atom. The predicted octanol–water partition coefficient (Wildman–Crippen LogP) is 4.72. The van der Waals surface area contributed by atoms with Crippen LogP contribution in [-0.4, -0.2) is 19.8 Å². The van der Waals surface area contributed by atoms with Crippen molar-refractivity contribution in [1.82, 2.24) is 0 Å². The molecule has 1 atom stereocenters. The summed E-state index contributed by atoms with van der Waals surface area (Å²) in [5.74, 6) is 0. The van der Waals surface area contributed by atoms with Crippen molar-refractivity contribution in [2.45, 2.75) is 12.6 Å². The van der Waals surface area contributed by atoms with Crippen LogP contribution >= 0.6 is 23.2 Å². The van der Waals surface area contributed by atoms with Crippen LogP contribution in [0, 0.1) is 18.3 Å². The Balaban J connectivity index is 2.29. The average Bonchev–Trinajstić information content (AvgIpc) is 2.56. The lowest BCUT2D eigenvalue weighted by molar-refractivity contribution is 0.187. The lowest BCUT2D eigenvalue weighted by Gasteiger charge is -2.31. The number of methoxy groups -OCH3 is 1. The smallest absolute Gasteiger partial charge is 0.0991 e. The van der Waals surface area contributed by atoms with Crippen molar-refractivity contribution in [3.8, 4) is 6.07 Å². The molecule has 2 aromatic carbocycles. The highest BCUT2D eigenvalue weighted by molar-refractivity contribution is 6.42. The van der Waals surface area contributed by atoms with E-state index in [0.717, 1.165) is 11.3 Å². The van der Waals surface area contributed by atoms with Gasteiger partial charge in [0.15, 0.2) is 0 Å². The number of nitriles is 1. The first-order valence-electron chi connectivity index (χ1n) is 7.08. The number of benzene rings is 2. The summed E-state index contributed by atoms with van der Waals surface area (Å²) >= 11 is 12.1. The molecule has 1 radical (unpaired) electrons. The lowest BCUT2D eigenvalue weighted by Crippen LogP contribution is -2.36. The Bertz CT molecular complexity index is 695. The van der Waals surface area contributed by atoms with Crippen LogP contribution in [0.1, 0.15) is 11.1 Å². The minimum Gasteiger partial charge on any atom is -0.383 e. The topological polar surface area (TPSA) is 36.3 Å². The first-order valence-corrected chi connectivity index (χ1v) is 7.83. The fourth-order valence-electron chi connectivity index (χ4n) is 2.28. The second-order valence-electron chi connectivity index (χ2n) is 5.14. The third-order valence-electron chi connectivity index (χ3n) is 3.46. The molecule has 5 heteroatoms.